The van der Waals surface area contributed by atoms with Crippen molar-refractivity contribution in [3.63, 3.8) is 0 Å². The third kappa shape index (κ3) is 5.00. The molecule has 0 bridgehead atoms. The van der Waals surface area contributed by atoms with E-state index in [4.69, 9.17) is 11.6 Å². The van der Waals surface area contributed by atoms with Gasteiger partial charge < -0.3 is 5.32 Å². The van der Waals surface area contributed by atoms with Crippen LogP contribution in [0.2, 0.25) is 5.02 Å². The molecule has 5 nitrogen and oxygen atoms in total. The number of nitrogens with one attached hydrogen (secondary N) is 1. The van der Waals surface area contributed by atoms with Gasteiger partial charge in [-0.05, 0) is 42.0 Å². The van der Waals surface area contributed by atoms with E-state index in [1.165, 1.54) is 24.3 Å². The zero-order valence-electron chi connectivity index (χ0n) is 14.5. The van der Waals surface area contributed by atoms with Gasteiger partial charge in [0.2, 0.25) is 0 Å². The third-order valence-electron chi connectivity index (χ3n) is 3.89. The average molecular weight is 426 g/mol. The Balaban J connectivity index is 1.85. The van der Waals surface area contributed by atoms with Crippen molar-refractivity contribution >= 4 is 23.2 Å². The van der Waals surface area contributed by atoms with Crippen LogP contribution in [0.1, 0.15) is 21.6 Å². The fourth-order valence-corrected chi connectivity index (χ4v) is 2.59. The van der Waals surface area contributed by atoms with Gasteiger partial charge in [-0.2, -0.15) is 18.3 Å². The van der Waals surface area contributed by atoms with Gasteiger partial charge in [0.1, 0.15) is 11.5 Å². The van der Waals surface area contributed by atoms with Gasteiger partial charge in [0.05, 0.1) is 22.8 Å². The normalized spacial score (nSPS) is 11.3. The molecule has 1 amide bonds. The molecule has 10 heteroatoms. The zero-order chi connectivity index (χ0) is 21.2. The van der Waals surface area contributed by atoms with Crippen LogP contribution in [-0.4, -0.2) is 15.7 Å². The van der Waals surface area contributed by atoms with Gasteiger partial charge in [-0.25, -0.2) is 9.07 Å². The standard InChI is InChI=1S/C19H12ClF4N3O2/c20-14-6-3-12(19(22,23)24)9-16(14)25-18(29)15-7-8-17(28)27(26-15)10-11-1-4-13(21)5-2-11/h1-9H,10H2,(H,25,29). The van der Waals surface area contributed by atoms with Gasteiger partial charge in [-0.15, -0.1) is 0 Å². The number of carbonyl (C=O) groups excluding carboxylic acids is 1. The number of alkyl halides is 3. The van der Waals surface area contributed by atoms with Crippen molar-refractivity contribution in [1.82, 2.24) is 9.78 Å². The molecule has 1 aromatic heterocycles. The minimum atomic E-state index is -4.61. The Morgan fingerprint density at radius 3 is 2.41 bits per heavy atom. The second-order valence-electron chi connectivity index (χ2n) is 5.99. The highest BCUT2D eigenvalue weighted by atomic mass is 35.5. The molecule has 0 atom stereocenters. The second-order valence-corrected chi connectivity index (χ2v) is 6.39. The predicted octanol–water partition coefficient (Wildman–Crippen LogP) is 4.36. The van der Waals surface area contributed by atoms with Crippen molar-refractivity contribution < 1.29 is 22.4 Å². The summed E-state index contributed by atoms with van der Waals surface area (Å²) in [6, 6.07) is 10.1. The highest BCUT2D eigenvalue weighted by molar-refractivity contribution is 6.33. The van der Waals surface area contributed by atoms with E-state index in [-0.39, 0.29) is 22.9 Å². The number of benzene rings is 2. The lowest BCUT2D eigenvalue weighted by molar-refractivity contribution is -0.137. The molecule has 0 fully saturated rings. The SMILES string of the molecule is O=C(Nc1cc(C(F)(F)F)ccc1Cl)c1ccc(=O)n(Cc2ccc(F)cc2)n1. The average Bonchev–Trinajstić information content (AvgIpc) is 2.66. The molecule has 1 N–H and O–H groups in total. The topological polar surface area (TPSA) is 64.0 Å². The monoisotopic (exact) mass is 425 g/mol. The maximum Gasteiger partial charge on any atom is 0.416 e. The van der Waals surface area contributed by atoms with Crippen molar-refractivity contribution in [2.75, 3.05) is 5.32 Å². The number of anilines is 1. The predicted molar refractivity (Wildman–Crippen MR) is 98.4 cm³/mol. The molecule has 0 aliphatic carbocycles. The fourth-order valence-electron chi connectivity index (χ4n) is 2.43. The van der Waals surface area contributed by atoms with Crippen LogP contribution in [0.5, 0.6) is 0 Å². The Morgan fingerprint density at radius 1 is 1.07 bits per heavy atom. The summed E-state index contributed by atoms with van der Waals surface area (Å²) in [5.74, 6) is -1.29. The summed E-state index contributed by atoms with van der Waals surface area (Å²) in [5, 5.41) is 6.09. The molecular formula is C19H12ClF4N3O2. The first-order chi connectivity index (χ1) is 13.6. The highest BCUT2D eigenvalue weighted by Crippen LogP contribution is 2.33. The molecule has 2 aromatic carbocycles. The molecule has 150 valence electrons. The molecule has 0 saturated carbocycles. The van der Waals surface area contributed by atoms with Crippen LogP contribution >= 0.6 is 11.6 Å². The van der Waals surface area contributed by atoms with Crippen molar-refractivity contribution in [2.45, 2.75) is 12.7 Å². The quantitative estimate of drug-likeness (QED) is 0.632. The summed E-state index contributed by atoms with van der Waals surface area (Å²) in [5.41, 5.74) is -1.38. The molecule has 3 rings (SSSR count). The first-order valence-electron chi connectivity index (χ1n) is 8.14. The van der Waals surface area contributed by atoms with E-state index in [1.54, 1.807) is 0 Å². The Bertz CT molecular complexity index is 1110. The number of rotatable bonds is 4. The number of hydrogen-bond acceptors (Lipinski definition) is 3. The summed E-state index contributed by atoms with van der Waals surface area (Å²) in [7, 11) is 0. The van der Waals surface area contributed by atoms with Crippen LogP contribution < -0.4 is 10.9 Å². The largest absolute Gasteiger partial charge is 0.416 e. The number of nitrogens with zero attached hydrogens (tertiary/aromatic N) is 2. The van der Waals surface area contributed by atoms with Gasteiger partial charge >= 0.3 is 6.18 Å². The first kappa shape index (κ1) is 20.5. The van der Waals surface area contributed by atoms with Crippen molar-refractivity contribution in [1.29, 1.82) is 0 Å². The molecule has 29 heavy (non-hydrogen) atoms. The smallest absolute Gasteiger partial charge is 0.319 e. The summed E-state index contributed by atoms with van der Waals surface area (Å²) >= 11 is 5.87. The van der Waals surface area contributed by atoms with Gasteiger partial charge in [-0.3, -0.25) is 9.59 Å². The third-order valence-corrected chi connectivity index (χ3v) is 4.22. The fraction of sp³-hybridized carbons (Fsp3) is 0.105. The number of carbonyl (C=O) groups is 1. The molecule has 0 aliphatic heterocycles. The Morgan fingerprint density at radius 2 is 1.76 bits per heavy atom. The second kappa shape index (κ2) is 8.04. The highest BCUT2D eigenvalue weighted by Gasteiger charge is 2.31. The van der Waals surface area contributed by atoms with Gasteiger partial charge in [0, 0.05) is 6.07 Å². The van der Waals surface area contributed by atoms with E-state index in [0.29, 0.717) is 11.6 Å². The molecule has 3 aromatic rings. The van der Waals surface area contributed by atoms with Crippen molar-refractivity contribution in [2.24, 2.45) is 0 Å². The van der Waals surface area contributed by atoms with E-state index < -0.39 is 29.0 Å². The van der Waals surface area contributed by atoms with Gasteiger partial charge in [-0.1, -0.05) is 23.7 Å². The Kier molecular flexibility index (Phi) is 5.69. The van der Waals surface area contributed by atoms with E-state index in [9.17, 15) is 27.2 Å². The van der Waals surface area contributed by atoms with E-state index >= 15 is 0 Å². The number of aromatic nitrogens is 2. The molecular weight excluding hydrogens is 414 g/mol. The maximum atomic E-state index is 13.0. The molecule has 0 saturated heterocycles. The number of amides is 1. The summed E-state index contributed by atoms with van der Waals surface area (Å²) in [6.45, 7) is -0.0233. The summed E-state index contributed by atoms with van der Waals surface area (Å²) in [6.07, 6.45) is -4.61. The van der Waals surface area contributed by atoms with Crippen LogP contribution in [0.3, 0.4) is 0 Å². The van der Waals surface area contributed by atoms with E-state index in [1.807, 2.05) is 0 Å². The Labute approximate surface area is 166 Å². The van der Waals surface area contributed by atoms with E-state index in [0.717, 1.165) is 28.9 Å². The Hall–Kier alpha value is -3.20. The molecule has 0 unspecified atom stereocenters. The number of hydrogen-bond donors (Lipinski definition) is 1. The zero-order valence-corrected chi connectivity index (χ0v) is 15.3. The van der Waals surface area contributed by atoms with Crippen LogP contribution in [0.15, 0.2) is 59.4 Å². The molecule has 0 spiro atoms. The van der Waals surface area contributed by atoms with Crippen LogP contribution in [0.25, 0.3) is 0 Å². The summed E-state index contributed by atoms with van der Waals surface area (Å²) in [4.78, 5) is 24.4. The lowest BCUT2D eigenvalue weighted by Gasteiger charge is -2.12. The van der Waals surface area contributed by atoms with Crippen LogP contribution in [0.4, 0.5) is 23.2 Å². The minimum absolute atomic E-state index is 0.0233. The maximum absolute atomic E-state index is 13.0. The first-order valence-corrected chi connectivity index (χ1v) is 8.52. The van der Waals surface area contributed by atoms with Gasteiger partial charge in [0.25, 0.3) is 11.5 Å². The lowest BCUT2D eigenvalue weighted by Crippen LogP contribution is -2.26. The van der Waals surface area contributed by atoms with Crippen molar-refractivity contribution in [3.05, 3.63) is 92.6 Å². The molecule has 0 aliphatic rings. The van der Waals surface area contributed by atoms with Crippen molar-refractivity contribution in [3.8, 4) is 0 Å². The van der Waals surface area contributed by atoms with Gasteiger partial charge in [0.15, 0.2) is 0 Å². The molecule has 1 heterocycles. The lowest BCUT2D eigenvalue weighted by atomic mass is 10.2. The summed E-state index contributed by atoms with van der Waals surface area (Å²) < 4.78 is 52.6. The van der Waals surface area contributed by atoms with Crippen LogP contribution in [0, 0.1) is 5.82 Å². The number of halogens is 5. The van der Waals surface area contributed by atoms with E-state index in [2.05, 4.69) is 10.4 Å². The van der Waals surface area contributed by atoms with Crippen LogP contribution in [-0.2, 0) is 12.7 Å². The minimum Gasteiger partial charge on any atom is -0.319 e. The molecule has 0 radical (unpaired) electrons.